The van der Waals surface area contributed by atoms with Crippen molar-refractivity contribution in [3.63, 3.8) is 0 Å². The van der Waals surface area contributed by atoms with Crippen LogP contribution < -0.4 is 10.2 Å². The number of aliphatic carboxylic acids is 2. The average molecular weight is 227 g/mol. The summed E-state index contributed by atoms with van der Waals surface area (Å²) in [6.45, 7) is 0. The second-order valence-electron chi connectivity index (χ2n) is 3.00. The van der Waals surface area contributed by atoms with E-state index in [4.69, 9.17) is 11.6 Å². The predicted molar refractivity (Wildman–Crippen MR) is 48.8 cm³/mol. The van der Waals surface area contributed by atoms with Crippen molar-refractivity contribution in [1.82, 2.24) is 0 Å². The fraction of sp³-hybridized carbons (Fsp3) is 0.200. The van der Waals surface area contributed by atoms with E-state index in [1.807, 2.05) is 0 Å². The van der Waals surface area contributed by atoms with Crippen molar-refractivity contribution in [2.24, 2.45) is 0 Å². The van der Waals surface area contributed by atoms with Gasteiger partial charge in [0.05, 0.1) is 0 Å². The molecule has 1 rings (SSSR count). The first kappa shape index (κ1) is 11.5. The van der Waals surface area contributed by atoms with Crippen molar-refractivity contribution in [2.75, 3.05) is 0 Å². The third kappa shape index (κ3) is 3.25. The molecule has 1 atom stereocenters. The minimum absolute atomic E-state index is 0.337. The van der Waals surface area contributed by atoms with Gasteiger partial charge < -0.3 is 19.8 Å². The molecule has 0 fully saturated rings. The standard InChI is InChI=1S/C10H9ClO4/c11-7-3-1-6(2-4-7)8(10(14)15)5-9(12)13/h1-4,8H,5H2,(H,12,13)(H,14,15)/p-2/t8-/m1/s1. The monoisotopic (exact) mass is 226 g/mol. The maximum absolute atomic E-state index is 10.7. The molecule has 1 aromatic carbocycles. The molecule has 0 amide bonds. The summed E-state index contributed by atoms with van der Waals surface area (Å²) in [5, 5.41) is 21.5. The zero-order valence-corrected chi connectivity index (χ0v) is 8.36. The summed E-state index contributed by atoms with van der Waals surface area (Å²) in [6.07, 6.45) is -0.607. The summed E-state index contributed by atoms with van der Waals surface area (Å²) in [5.41, 5.74) is 0.337. The number of rotatable bonds is 4. The molecule has 0 unspecified atom stereocenters. The van der Waals surface area contributed by atoms with Gasteiger partial charge >= 0.3 is 0 Å². The van der Waals surface area contributed by atoms with E-state index >= 15 is 0 Å². The lowest BCUT2D eigenvalue weighted by Gasteiger charge is -2.18. The van der Waals surface area contributed by atoms with Crippen LogP contribution in [0.3, 0.4) is 0 Å². The van der Waals surface area contributed by atoms with E-state index in [1.54, 1.807) is 0 Å². The second kappa shape index (κ2) is 4.79. The Bertz CT molecular complexity index is 372. The highest BCUT2D eigenvalue weighted by atomic mass is 35.5. The minimum atomic E-state index is -1.44. The summed E-state index contributed by atoms with van der Waals surface area (Å²) in [5.74, 6) is -4.08. The van der Waals surface area contributed by atoms with Gasteiger partial charge in [-0.05, 0) is 24.1 Å². The number of carbonyl (C=O) groups is 2. The molecule has 4 nitrogen and oxygen atoms in total. The van der Waals surface area contributed by atoms with E-state index in [-0.39, 0.29) is 0 Å². The van der Waals surface area contributed by atoms with Gasteiger partial charge in [-0.15, -0.1) is 0 Å². The lowest BCUT2D eigenvalue weighted by molar-refractivity contribution is -0.317. The number of hydrogen-bond acceptors (Lipinski definition) is 4. The molecule has 0 aliphatic carbocycles. The van der Waals surface area contributed by atoms with E-state index in [0.29, 0.717) is 10.6 Å². The maximum atomic E-state index is 10.7. The van der Waals surface area contributed by atoms with Gasteiger partial charge in [0.2, 0.25) is 0 Å². The molecule has 0 saturated heterocycles. The molecular formula is C10H7ClO4-2. The second-order valence-corrected chi connectivity index (χ2v) is 3.44. The molecule has 80 valence electrons. The molecule has 0 spiro atoms. The van der Waals surface area contributed by atoms with Crippen LogP contribution in [-0.2, 0) is 9.59 Å². The molecule has 0 aliphatic rings. The lowest BCUT2D eigenvalue weighted by atomic mass is 9.96. The van der Waals surface area contributed by atoms with Crippen molar-refractivity contribution in [3.8, 4) is 0 Å². The summed E-state index contributed by atoms with van der Waals surface area (Å²) in [4.78, 5) is 21.0. The molecule has 1 aromatic rings. The SMILES string of the molecule is O=C([O-])C[C@@H](C(=O)[O-])c1ccc(Cl)cc1. The molecule has 0 heterocycles. The Morgan fingerprint density at radius 3 is 2.13 bits per heavy atom. The minimum Gasteiger partial charge on any atom is -0.550 e. The van der Waals surface area contributed by atoms with Crippen LogP contribution in [0.2, 0.25) is 5.02 Å². The summed E-state index contributed by atoms with van der Waals surface area (Å²) in [7, 11) is 0. The molecule has 0 radical (unpaired) electrons. The Kier molecular flexibility index (Phi) is 3.68. The number of carboxylic acids is 2. The topological polar surface area (TPSA) is 80.3 Å². The van der Waals surface area contributed by atoms with Gasteiger partial charge in [-0.1, -0.05) is 23.7 Å². The lowest BCUT2D eigenvalue weighted by Crippen LogP contribution is -2.34. The van der Waals surface area contributed by atoms with Crippen LogP contribution in [0.25, 0.3) is 0 Å². The van der Waals surface area contributed by atoms with Crippen molar-refractivity contribution in [2.45, 2.75) is 12.3 Å². The molecule has 0 saturated carbocycles. The first-order valence-electron chi connectivity index (χ1n) is 4.17. The van der Waals surface area contributed by atoms with Gasteiger partial charge in [-0.3, -0.25) is 0 Å². The van der Waals surface area contributed by atoms with Crippen LogP contribution in [-0.4, -0.2) is 11.9 Å². The summed E-state index contributed by atoms with van der Waals surface area (Å²) >= 11 is 5.61. The van der Waals surface area contributed by atoms with Crippen molar-refractivity contribution in [3.05, 3.63) is 34.9 Å². The zero-order valence-electron chi connectivity index (χ0n) is 7.60. The Morgan fingerprint density at radius 1 is 1.20 bits per heavy atom. The highest BCUT2D eigenvalue weighted by Gasteiger charge is 2.12. The third-order valence-electron chi connectivity index (χ3n) is 1.93. The van der Waals surface area contributed by atoms with E-state index in [1.165, 1.54) is 24.3 Å². The van der Waals surface area contributed by atoms with Gasteiger partial charge in [-0.25, -0.2) is 0 Å². The van der Waals surface area contributed by atoms with Crippen LogP contribution in [0.4, 0.5) is 0 Å². The van der Waals surface area contributed by atoms with Crippen molar-refractivity contribution < 1.29 is 19.8 Å². The first-order chi connectivity index (χ1) is 7.00. The quantitative estimate of drug-likeness (QED) is 0.681. The van der Waals surface area contributed by atoms with E-state index in [2.05, 4.69) is 0 Å². The van der Waals surface area contributed by atoms with Gasteiger partial charge in [0.1, 0.15) is 0 Å². The van der Waals surface area contributed by atoms with E-state index in [9.17, 15) is 19.8 Å². The van der Waals surface area contributed by atoms with Crippen molar-refractivity contribution >= 4 is 23.5 Å². The number of benzene rings is 1. The number of carbonyl (C=O) groups excluding carboxylic acids is 2. The van der Waals surface area contributed by atoms with Gasteiger partial charge in [0.15, 0.2) is 0 Å². The Morgan fingerprint density at radius 2 is 1.73 bits per heavy atom. The van der Waals surface area contributed by atoms with Crippen LogP contribution >= 0.6 is 11.6 Å². The average Bonchev–Trinajstić information content (AvgIpc) is 2.15. The van der Waals surface area contributed by atoms with Crippen molar-refractivity contribution in [1.29, 1.82) is 0 Å². The maximum Gasteiger partial charge on any atom is 0.0493 e. The fourth-order valence-corrected chi connectivity index (χ4v) is 1.33. The highest BCUT2D eigenvalue weighted by Crippen LogP contribution is 2.20. The number of halogens is 1. The fourth-order valence-electron chi connectivity index (χ4n) is 1.20. The Hall–Kier alpha value is -1.55. The predicted octanol–water partition coefficient (Wildman–Crippen LogP) is -0.686. The third-order valence-corrected chi connectivity index (χ3v) is 2.18. The Labute approximate surface area is 91.1 Å². The van der Waals surface area contributed by atoms with Crippen LogP contribution in [0, 0.1) is 0 Å². The summed E-state index contributed by atoms with van der Waals surface area (Å²) in [6, 6.07) is 5.88. The molecule has 0 N–H and O–H groups in total. The zero-order chi connectivity index (χ0) is 11.4. The molecule has 0 aliphatic heterocycles. The van der Waals surface area contributed by atoms with Crippen LogP contribution in [0.15, 0.2) is 24.3 Å². The molecule has 5 heteroatoms. The number of carboxylic acid groups (broad SMARTS) is 2. The number of hydrogen-bond donors (Lipinski definition) is 0. The normalized spacial score (nSPS) is 12.1. The largest absolute Gasteiger partial charge is 0.550 e. The molecule has 0 bridgehead atoms. The molecular weight excluding hydrogens is 220 g/mol. The molecule has 15 heavy (non-hydrogen) atoms. The van der Waals surface area contributed by atoms with Crippen LogP contribution in [0.1, 0.15) is 17.9 Å². The highest BCUT2D eigenvalue weighted by molar-refractivity contribution is 6.30. The van der Waals surface area contributed by atoms with Gasteiger partial charge in [0, 0.05) is 22.9 Å². The van der Waals surface area contributed by atoms with Gasteiger partial charge in [-0.2, -0.15) is 0 Å². The van der Waals surface area contributed by atoms with E-state index < -0.39 is 24.3 Å². The van der Waals surface area contributed by atoms with Gasteiger partial charge in [0.25, 0.3) is 0 Å². The van der Waals surface area contributed by atoms with Crippen LogP contribution in [0.5, 0.6) is 0 Å². The Balaban J connectivity index is 2.94. The first-order valence-corrected chi connectivity index (χ1v) is 4.54. The summed E-state index contributed by atoms with van der Waals surface area (Å²) < 4.78 is 0. The molecule has 0 aromatic heterocycles. The van der Waals surface area contributed by atoms with E-state index in [0.717, 1.165) is 0 Å². The smallest absolute Gasteiger partial charge is 0.0493 e.